The van der Waals surface area contributed by atoms with Gasteiger partial charge in [0, 0.05) is 19.2 Å². The molecular weight excluding hydrogens is 286 g/mol. The fourth-order valence-electron chi connectivity index (χ4n) is 3.32. The van der Waals surface area contributed by atoms with Crippen LogP contribution < -0.4 is 0 Å². The number of nitrogens with zero attached hydrogens (tertiary/aromatic N) is 1. The molecule has 4 nitrogen and oxygen atoms in total. The van der Waals surface area contributed by atoms with Crippen LogP contribution in [0, 0.1) is 0 Å². The smallest absolute Gasteiger partial charge is 0.0900 e. The SMILES string of the molecule is O[C@H](COC[C@@H]1CCCO1)CN1CCC[C@@H]1c1ccsc1. The minimum absolute atomic E-state index is 0.238. The van der Waals surface area contributed by atoms with Crippen molar-refractivity contribution in [3.63, 3.8) is 0 Å². The van der Waals surface area contributed by atoms with Crippen molar-refractivity contribution in [1.29, 1.82) is 0 Å². The average molecular weight is 311 g/mol. The summed E-state index contributed by atoms with van der Waals surface area (Å²) >= 11 is 1.75. The molecule has 0 bridgehead atoms. The molecule has 0 amide bonds. The Hall–Kier alpha value is -0.460. The number of ether oxygens (including phenoxy) is 2. The fourth-order valence-corrected chi connectivity index (χ4v) is 4.03. The predicted molar refractivity (Wildman–Crippen MR) is 83.7 cm³/mol. The number of hydrogen-bond acceptors (Lipinski definition) is 5. The highest BCUT2D eigenvalue weighted by Crippen LogP contribution is 2.32. The molecule has 0 unspecified atom stereocenters. The molecule has 1 aromatic heterocycles. The molecule has 2 aliphatic heterocycles. The van der Waals surface area contributed by atoms with Gasteiger partial charge < -0.3 is 14.6 Å². The molecule has 21 heavy (non-hydrogen) atoms. The van der Waals surface area contributed by atoms with E-state index in [0.29, 0.717) is 25.8 Å². The molecule has 0 aliphatic carbocycles. The lowest BCUT2D eigenvalue weighted by atomic mass is 10.1. The van der Waals surface area contributed by atoms with E-state index in [1.54, 1.807) is 11.3 Å². The number of rotatable bonds is 7. The van der Waals surface area contributed by atoms with Crippen molar-refractivity contribution >= 4 is 11.3 Å². The molecule has 3 heterocycles. The van der Waals surface area contributed by atoms with Gasteiger partial charge in [-0.1, -0.05) is 0 Å². The Balaban J connectivity index is 1.40. The van der Waals surface area contributed by atoms with Crippen molar-refractivity contribution in [2.45, 2.75) is 43.9 Å². The maximum absolute atomic E-state index is 10.2. The summed E-state index contributed by atoms with van der Waals surface area (Å²) in [5.74, 6) is 0. The van der Waals surface area contributed by atoms with Gasteiger partial charge in [0.1, 0.15) is 0 Å². The Morgan fingerprint density at radius 2 is 2.38 bits per heavy atom. The highest BCUT2D eigenvalue weighted by atomic mass is 32.1. The van der Waals surface area contributed by atoms with E-state index >= 15 is 0 Å². The zero-order valence-electron chi connectivity index (χ0n) is 12.4. The van der Waals surface area contributed by atoms with Crippen molar-refractivity contribution in [3.8, 4) is 0 Å². The Morgan fingerprint density at radius 3 is 3.14 bits per heavy atom. The summed E-state index contributed by atoms with van der Waals surface area (Å²) < 4.78 is 11.1. The first-order valence-electron chi connectivity index (χ1n) is 7.96. The summed E-state index contributed by atoms with van der Waals surface area (Å²) in [4.78, 5) is 2.39. The highest BCUT2D eigenvalue weighted by molar-refractivity contribution is 7.07. The Morgan fingerprint density at radius 1 is 1.43 bits per heavy atom. The topological polar surface area (TPSA) is 41.9 Å². The Kier molecular flexibility index (Phi) is 5.66. The predicted octanol–water partition coefficient (Wildman–Crippen LogP) is 2.44. The third-order valence-electron chi connectivity index (χ3n) is 4.37. The first-order valence-corrected chi connectivity index (χ1v) is 8.91. The summed E-state index contributed by atoms with van der Waals surface area (Å²) in [7, 11) is 0. The Labute approximate surface area is 130 Å². The monoisotopic (exact) mass is 311 g/mol. The van der Waals surface area contributed by atoms with Crippen molar-refractivity contribution < 1.29 is 14.6 Å². The van der Waals surface area contributed by atoms with Gasteiger partial charge in [-0.25, -0.2) is 0 Å². The van der Waals surface area contributed by atoms with Gasteiger partial charge in [0.05, 0.1) is 25.4 Å². The van der Waals surface area contributed by atoms with Crippen molar-refractivity contribution in [2.75, 3.05) is 32.9 Å². The lowest BCUT2D eigenvalue weighted by molar-refractivity contribution is -0.0261. The normalized spacial score (nSPS) is 28.2. The molecule has 1 N–H and O–H groups in total. The molecule has 0 aromatic carbocycles. The van der Waals surface area contributed by atoms with Crippen LogP contribution >= 0.6 is 11.3 Å². The molecule has 2 saturated heterocycles. The molecule has 1 aromatic rings. The average Bonchev–Trinajstić information content (AvgIpc) is 3.20. The summed E-state index contributed by atoms with van der Waals surface area (Å²) in [5.41, 5.74) is 1.39. The van der Waals surface area contributed by atoms with Crippen LogP contribution in [0.5, 0.6) is 0 Å². The van der Waals surface area contributed by atoms with Crippen LogP contribution in [-0.4, -0.2) is 55.1 Å². The standard InChI is InChI=1S/C16H25NO3S/c18-14(10-19-11-15-3-2-7-20-15)9-17-6-1-4-16(17)13-5-8-21-12-13/h5,8,12,14-16,18H,1-4,6-7,9-11H2/t14-,15-,16+/m0/s1. The molecule has 3 atom stereocenters. The van der Waals surface area contributed by atoms with Crippen LogP contribution in [0.15, 0.2) is 16.8 Å². The van der Waals surface area contributed by atoms with E-state index in [4.69, 9.17) is 9.47 Å². The third kappa shape index (κ3) is 4.27. The van der Waals surface area contributed by atoms with Gasteiger partial charge in [-0.05, 0) is 54.6 Å². The lowest BCUT2D eigenvalue weighted by Gasteiger charge is -2.26. The molecular formula is C16H25NO3S. The fraction of sp³-hybridized carbons (Fsp3) is 0.750. The first-order chi connectivity index (χ1) is 10.3. The third-order valence-corrected chi connectivity index (χ3v) is 5.08. The second-order valence-electron chi connectivity index (χ2n) is 6.04. The summed E-state index contributed by atoms with van der Waals surface area (Å²) in [6.07, 6.45) is 4.45. The second-order valence-corrected chi connectivity index (χ2v) is 6.82. The molecule has 0 radical (unpaired) electrons. The molecule has 5 heteroatoms. The van der Waals surface area contributed by atoms with Crippen molar-refractivity contribution in [3.05, 3.63) is 22.4 Å². The van der Waals surface area contributed by atoms with E-state index in [0.717, 1.165) is 26.0 Å². The Bertz CT molecular complexity index is 406. The zero-order valence-corrected chi connectivity index (χ0v) is 13.3. The van der Waals surface area contributed by atoms with E-state index in [2.05, 4.69) is 21.7 Å². The number of thiophene rings is 1. The molecule has 118 valence electrons. The largest absolute Gasteiger partial charge is 0.389 e. The number of hydrogen-bond donors (Lipinski definition) is 1. The molecule has 2 fully saturated rings. The number of aliphatic hydroxyl groups is 1. The molecule has 0 saturated carbocycles. The van der Waals surface area contributed by atoms with Crippen LogP contribution in [0.1, 0.15) is 37.3 Å². The van der Waals surface area contributed by atoms with E-state index in [-0.39, 0.29) is 6.10 Å². The summed E-state index contributed by atoms with van der Waals surface area (Å²) in [5, 5.41) is 14.6. The van der Waals surface area contributed by atoms with Gasteiger partial charge >= 0.3 is 0 Å². The molecule has 3 rings (SSSR count). The zero-order chi connectivity index (χ0) is 14.5. The van der Waals surface area contributed by atoms with E-state index < -0.39 is 6.10 Å². The van der Waals surface area contributed by atoms with E-state index in [9.17, 15) is 5.11 Å². The highest BCUT2D eigenvalue weighted by Gasteiger charge is 2.27. The number of aliphatic hydroxyl groups excluding tert-OH is 1. The maximum Gasteiger partial charge on any atom is 0.0900 e. The van der Waals surface area contributed by atoms with Crippen LogP contribution in [0.4, 0.5) is 0 Å². The van der Waals surface area contributed by atoms with Crippen LogP contribution in [0.2, 0.25) is 0 Å². The van der Waals surface area contributed by atoms with Crippen LogP contribution in [0.25, 0.3) is 0 Å². The van der Waals surface area contributed by atoms with Gasteiger partial charge in [0.25, 0.3) is 0 Å². The summed E-state index contributed by atoms with van der Waals surface area (Å²) in [6.45, 7) is 3.65. The summed E-state index contributed by atoms with van der Waals surface area (Å²) in [6, 6.07) is 2.68. The van der Waals surface area contributed by atoms with Crippen molar-refractivity contribution in [2.24, 2.45) is 0 Å². The minimum atomic E-state index is -0.411. The van der Waals surface area contributed by atoms with Gasteiger partial charge in [0.2, 0.25) is 0 Å². The van der Waals surface area contributed by atoms with Gasteiger partial charge in [-0.3, -0.25) is 4.90 Å². The number of likely N-dealkylation sites (tertiary alicyclic amines) is 1. The molecule has 2 aliphatic rings. The van der Waals surface area contributed by atoms with E-state index in [1.165, 1.54) is 18.4 Å². The van der Waals surface area contributed by atoms with Gasteiger partial charge in [0.15, 0.2) is 0 Å². The maximum atomic E-state index is 10.2. The molecule has 0 spiro atoms. The second kappa shape index (κ2) is 7.70. The number of β-amino-alcohol motifs (C(OH)–C–C–N with tert-alkyl or cyclic N) is 1. The van der Waals surface area contributed by atoms with Gasteiger partial charge in [-0.15, -0.1) is 0 Å². The first kappa shape index (κ1) is 15.4. The van der Waals surface area contributed by atoms with E-state index in [1.807, 2.05) is 0 Å². The van der Waals surface area contributed by atoms with Crippen molar-refractivity contribution in [1.82, 2.24) is 4.90 Å². The quantitative estimate of drug-likeness (QED) is 0.840. The lowest BCUT2D eigenvalue weighted by Crippen LogP contribution is -2.35. The van der Waals surface area contributed by atoms with Crippen LogP contribution in [-0.2, 0) is 9.47 Å². The minimum Gasteiger partial charge on any atom is -0.389 e. The van der Waals surface area contributed by atoms with Gasteiger partial charge in [-0.2, -0.15) is 11.3 Å². The van der Waals surface area contributed by atoms with Crippen LogP contribution in [0.3, 0.4) is 0 Å².